The Bertz CT molecular complexity index is 533. The van der Waals surface area contributed by atoms with Crippen LogP contribution in [0.5, 0.6) is 11.5 Å². The highest BCUT2D eigenvalue weighted by molar-refractivity contribution is 5.44. The molecule has 1 aliphatic carbocycles. The van der Waals surface area contributed by atoms with Crippen LogP contribution in [0.15, 0.2) is 18.2 Å². The zero-order chi connectivity index (χ0) is 15.7. The molecule has 122 valence electrons. The Hall–Kier alpha value is -1.26. The number of hydrogen-bond acceptors (Lipinski definition) is 4. The molecule has 0 amide bonds. The van der Waals surface area contributed by atoms with Gasteiger partial charge in [0, 0.05) is 18.5 Å². The second-order valence-corrected chi connectivity index (χ2v) is 6.75. The van der Waals surface area contributed by atoms with Gasteiger partial charge in [-0.25, -0.2) is 0 Å². The third-order valence-corrected chi connectivity index (χ3v) is 5.57. The number of nitrogens with zero attached hydrogens (tertiary/aromatic N) is 1. The van der Waals surface area contributed by atoms with Gasteiger partial charge >= 0.3 is 0 Å². The number of rotatable bonds is 3. The number of likely N-dealkylation sites (tertiary alicyclic amines) is 1. The first kappa shape index (κ1) is 15.6. The van der Waals surface area contributed by atoms with Crippen molar-refractivity contribution in [2.75, 3.05) is 27.8 Å². The van der Waals surface area contributed by atoms with Crippen molar-refractivity contribution in [2.45, 2.75) is 43.7 Å². The fourth-order valence-corrected chi connectivity index (χ4v) is 4.35. The molecule has 3 atom stereocenters. The first-order valence-electron chi connectivity index (χ1n) is 8.23. The van der Waals surface area contributed by atoms with Crippen molar-refractivity contribution in [3.05, 3.63) is 23.8 Å². The number of hydrogen-bond donors (Lipinski definition) is 1. The van der Waals surface area contributed by atoms with E-state index in [1.807, 2.05) is 6.07 Å². The molecule has 0 unspecified atom stereocenters. The van der Waals surface area contributed by atoms with Crippen LogP contribution >= 0.6 is 0 Å². The molecule has 1 aromatic rings. The van der Waals surface area contributed by atoms with E-state index in [4.69, 9.17) is 9.47 Å². The summed E-state index contributed by atoms with van der Waals surface area (Å²) in [6.45, 7) is 0.937. The normalized spacial score (nSPS) is 32.4. The van der Waals surface area contributed by atoms with Crippen LogP contribution in [0, 0.1) is 5.92 Å². The molecular weight excluding hydrogens is 278 g/mol. The molecule has 0 spiro atoms. The van der Waals surface area contributed by atoms with Crippen molar-refractivity contribution in [1.82, 2.24) is 4.90 Å². The zero-order valence-corrected chi connectivity index (χ0v) is 13.8. The van der Waals surface area contributed by atoms with Gasteiger partial charge in [0.15, 0.2) is 11.5 Å². The van der Waals surface area contributed by atoms with Crippen molar-refractivity contribution in [3.63, 3.8) is 0 Å². The highest BCUT2D eigenvalue weighted by Crippen LogP contribution is 2.49. The smallest absolute Gasteiger partial charge is 0.161 e. The Morgan fingerprint density at radius 1 is 1.14 bits per heavy atom. The standard InChI is InChI=1S/C18H27NO3/c1-19-11-10-18(20)9-5-4-6-14(18)17(19)13-7-8-15(21-2)16(12-13)22-3/h7-8,12,14,17,20H,4-6,9-11H2,1-3H3/t14-,17+,18-/m1/s1. The van der Waals surface area contributed by atoms with Gasteiger partial charge in [-0.2, -0.15) is 0 Å². The van der Waals surface area contributed by atoms with Gasteiger partial charge in [0.1, 0.15) is 0 Å². The molecule has 1 N–H and O–H groups in total. The van der Waals surface area contributed by atoms with Crippen LogP contribution in [0.3, 0.4) is 0 Å². The van der Waals surface area contributed by atoms with Gasteiger partial charge in [0.25, 0.3) is 0 Å². The maximum absolute atomic E-state index is 11.1. The molecule has 4 nitrogen and oxygen atoms in total. The van der Waals surface area contributed by atoms with Crippen molar-refractivity contribution in [3.8, 4) is 11.5 Å². The summed E-state index contributed by atoms with van der Waals surface area (Å²) in [4.78, 5) is 2.38. The average Bonchev–Trinajstić information content (AvgIpc) is 2.54. The molecule has 2 aliphatic rings. The average molecular weight is 305 g/mol. The molecule has 1 saturated carbocycles. The Morgan fingerprint density at radius 2 is 1.91 bits per heavy atom. The van der Waals surface area contributed by atoms with Crippen LogP contribution in [0.4, 0.5) is 0 Å². The summed E-state index contributed by atoms with van der Waals surface area (Å²) in [5.41, 5.74) is 0.716. The largest absolute Gasteiger partial charge is 0.493 e. The molecule has 1 aliphatic heterocycles. The Kier molecular flexibility index (Phi) is 4.33. The lowest BCUT2D eigenvalue weighted by Gasteiger charge is -2.51. The molecule has 4 heteroatoms. The second kappa shape index (κ2) is 6.09. The van der Waals surface area contributed by atoms with Crippen molar-refractivity contribution in [2.24, 2.45) is 5.92 Å². The first-order chi connectivity index (χ1) is 10.6. The first-order valence-corrected chi connectivity index (χ1v) is 8.23. The highest BCUT2D eigenvalue weighted by atomic mass is 16.5. The van der Waals surface area contributed by atoms with Gasteiger partial charge in [-0.05, 0) is 44.0 Å². The van der Waals surface area contributed by atoms with E-state index in [0.29, 0.717) is 5.92 Å². The number of methoxy groups -OCH3 is 2. The number of fused-ring (bicyclic) bond motifs is 1. The van der Waals surface area contributed by atoms with Crippen molar-refractivity contribution < 1.29 is 14.6 Å². The molecule has 0 bridgehead atoms. The molecule has 3 rings (SSSR count). The summed E-state index contributed by atoms with van der Waals surface area (Å²) >= 11 is 0. The third kappa shape index (κ3) is 2.59. The van der Waals surface area contributed by atoms with Crippen LogP contribution in [-0.4, -0.2) is 43.4 Å². The lowest BCUT2D eigenvalue weighted by atomic mass is 9.66. The SMILES string of the molecule is COc1ccc([C@H]2[C@H]3CCCC[C@@]3(O)CCN2C)cc1OC. The predicted molar refractivity (Wildman–Crippen MR) is 86.4 cm³/mol. The quantitative estimate of drug-likeness (QED) is 0.932. The summed E-state index contributed by atoms with van der Waals surface area (Å²) in [5.74, 6) is 1.82. The fraction of sp³-hybridized carbons (Fsp3) is 0.667. The summed E-state index contributed by atoms with van der Waals surface area (Å²) in [6.07, 6.45) is 5.28. The summed E-state index contributed by atoms with van der Waals surface area (Å²) < 4.78 is 10.8. The van der Waals surface area contributed by atoms with E-state index in [1.54, 1.807) is 14.2 Å². The number of ether oxygens (including phenoxy) is 2. The highest BCUT2D eigenvalue weighted by Gasteiger charge is 2.48. The topological polar surface area (TPSA) is 41.9 Å². The van der Waals surface area contributed by atoms with Crippen molar-refractivity contribution in [1.29, 1.82) is 0 Å². The van der Waals surface area contributed by atoms with E-state index >= 15 is 0 Å². The lowest BCUT2D eigenvalue weighted by molar-refractivity contribution is -0.118. The molecule has 0 radical (unpaired) electrons. The minimum absolute atomic E-state index is 0.249. The van der Waals surface area contributed by atoms with Crippen LogP contribution in [-0.2, 0) is 0 Å². The van der Waals surface area contributed by atoms with E-state index in [0.717, 1.165) is 43.7 Å². The molecule has 0 aromatic heterocycles. The molecule has 1 saturated heterocycles. The van der Waals surface area contributed by atoms with Gasteiger partial charge in [-0.1, -0.05) is 18.9 Å². The summed E-state index contributed by atoms with van der Waals surface area (Å²) in [6, 6.07) is 6.40. The summed E-state index contributed by atoms with van der Waals surface area (Å²) in [7, 11) is 5.49. The van der Waals surface area contributed by atoms with Gasteiger partial charge in [-0.15, -0.1) is 0 Å². The maximum Gasteiger partial charge on any atom is 0.161 e. The monoisotopic (exact) mass is 305 g/mol. The molecular formula is C18H27NO3. The molecule has 1 heterocycles. The number of aliphatic hydroxyl groups is 1. The molecule has 2 fully saturated rings. The Balaban J connectivity index is 1.97. The van der Waals surface area contributed by atoms with E-state index in [1.165, 1.54) is 12.0 Å². The maximum atomic E-state index is 11.1. The molecule has 1 aromatic carbocycles. The second-order valence-electron chi connectivity index (χ2n) is 6.75. The van der Waals surface area contributed by atoms with Gasteiger partial charge in [0.2, 0.25) is 0 Å². The van der Waals surface area contributed by atoms with Gasteiger partial charge in [-0.3, -0.25) is 4.90 Å². The van der Waals surface area contributed by atoms with Crippen LogP contribution in [0.1, 0.15) is 43.7 Å². The van der Waals surface area contributed by atoms with E-state index in [-0.39, 0.29) is 6.04 Å². The van der Waals surface area contributed by atoms with E-state index in [9.17, 15) is 5.11 Å². The fourth-order valence-electron chi connectivity index (χ4n) is 4.35. The Morgan fingerprint density at radius 3 is 2.64 bits per heavy atom. The minimum Gasteiger partial charge on any atom is -0.493 e. The minimum atomic E-state index is -0.497. The van der Waals surface area contributed by atoms with Crippen LogP contribution in [0.2, 0.25) is 0 Å². The molecule has 22 heavy (non-hydrogen) atoms. The van der Waals surface area contributed by atoms with Gasteiger partial charge < -0.3 is 14.6 Å². The predicted octanol–water partition coefficient (Wildman–Crippen LogP) is 3.00. The van der Waals surface area contributed by atoms with E-state index in [2.05, 4.69) is 24.1 Å². The lowest BCUT2D eigenvalue weighted by Crippen LogP contribution is -2.53. The number of benzene rings is 1. The number of piperidine rings is 1. The van der Waals surface area contributed by atoms with Crippen molar-refractivity contribution >= 4 is 0 Å². The zero-order valence-electron chi connectivity index (χ0n) is 13.8. The van der Waals surface area contributed by atoms with Crippen LogP contribution < -0.4 is 9.47 Å². The van der Waals surface area contributed by atoms with Gasteiger partial charge in [0.05, 0.1) is 19.8 Å². The van der Waals surface area contributed by atoms with Crippen LogP contribution in [0.25, 0.3) is 0 Å². The summed E-state index contributed by atoms with van der Waals surface area (Å²) in [5, 5.41) is 11.1. The Labute approximate surface area is 133 Å². The third-order valence-electron chi connectivity index (χ3n) is 5.57. The van der Waals surface area contributed by atoms with E-state index < -0.39 is 5.60 Å².